The Hall–Kier alpha value is -1.89. The van der Waals surface area contributed by atoms with Gasteiger partial charge >= 0.3 is 0 Å². The van der Waals surface area contributed by atoms with E-state index in [1.165, 1.54) is 5.56 Å². The van der Waals surface area contributed by atoms with Crippen LogP contribution in [0.25, 0.3) is 5.65 Å². The van der Waals surface area contributed by atoms with Crippen molar-refractivity contribution >= 4 is 17.4 Å². The number of fused-ring (bicyclic) bond motifs is 1. The fraction of sp³-hybridized carbons (Fsp3) is 0.385. The Kier molecular flexibility index (Phi) is 3.43. The zero-order valence-electron chi connectivity index (χ0n) is 11.7. The van der Waals surface area contributed by atoms with Crippen LogP contribution in [0.1, 0.15) is 31.1 Å². The molecule has 0 aliphatic rings. The van der Waals surface area contributed by atoms with Crippen molar-refractivity contribution in [3.05, 3.63) is 35.8 Å². The van der Waals surface area contributed by atoms with Crippen LogP contribution in [0.3, 0.4) is 0 Å². The quantitative estimate of drug-likeness (QED) is 0.690. The van der Waals surface area contributed by atoms with Crippen LogP contribution in [0.15, 0.2) is 29.7 Å². The third-order valence-corrected chi connectivity index (χ3v) is 3.92. The van der Waals surface area contributed by atoms with E-state index in [4.69, 9.17) is 0 Å². The summed E-state index contributed by atoms with van der Waals surface area (Å²) in [6.07, 6.45) is 4.13. The number of tetrazole rings is 1. The highest BCUT2D eigenvalue weighted by Gasteiger charge is 2.11. The molecule has 3 heterocycles. The van der Waals surface area contributed by atoms with Crippen LogP contribution in [-0.4, -0.2) is 29.6 Å². The molecule has 0 saturated carbocycles. The number of thioether (sulfide) groups is 1. The topological polar surface area (TPSA) is 60.9 Å². The molecular weight excluding hydrogens is 272 g/mol. The molecule has 3 aromatic rings. The highest BCUT2D eigenvalue weighted by molar-refractivity contribution is 7.98. The van der Waals surface area contributed by atoms with Crippen molar-refractivity contribution in [2.45, 2.75) is 37.7 Å². The van der Waals surface area contributed by atoms with Crippen molar-refractivity contribution < 1.29 is 0 Å². The molecule has 104 valence electrons. The Labute approximate surface area is 121 Å². The van der Waals surface area contributed by atoms with Crippen molar-refractivity contribution in [1.82, 2.24) is 29.6 Å². The fourth-order valence-electron chi connectivity index (χ4n) is 1.97. The van der Waals surface area contributed by atoms with E-state index in [0.717, 1.165) is 22.3 Å². The summed E-state index contributed by atoms with van der Waals surface area (Å²) in [5.41, 5.74) is 3.21. The minimum Gasteiger partial charge on any atom is -0.307 e. The molecule has 7 heteroatoms. The Morgan fingerprint density at radius 2 is 2.10 bits per heavy atom. The molecule has 0 radical (unpaired) electrons. The van der Waals surface area contributed by atoms with E-state index in [9.17, 15) is 0 Å². The zero-order valence-corrected chi connectivity index (χ0v) is 12.5. The van der Waals surface area contributed by atoms with E-state index in [0.29, 0.717) is 0 Å². The van der Waals surface area contributed by atoms with Crippen molar-refractivity contribution in [2.24, 2.45) is 0 Å². The lowest BCUT2D eigenvalue weighted by molar-refractivity contribution is 0.477. The summed E-state index contributed by atoms with van der Waals surface area (Å²) in [5.74, 6) is 0.758. The third kappa shape index (κ3) is 2.53. The second-order valence-corrected chi connectivity index (χ2v) is 5.94. The highest BCUT2D eigenvalue weighted by Crippen LogP contribution is 2.22. The van der Waals surface area contributed by atoms with E-state index < -0.39 is 0 Å². The number of aromatic nitrogens is 6. The lowest BCUT2D eigenvalue weighted by Crippen LogP contribution is -2.04. The molecule has 0 unspecified atom stereocenters. The van der Waals surface area contributed by atoms with Gasteiger partial charge in [0.05, 0.1) is 11.7 Å². The Morgan fingerprint density at radius 1 is 1.25 bits per heavy atom. The van der Waals surface area contributed by atoms with Gasteiger partial charge in [-0.15, -0.1) is 5.10 Å². The molecule has 0 atom stereocenters. The van der Waals surface area contributed by atoms with Gasteiger partial charge in [-0.25, -0.2) is 9.67 Å². The number of nitrogens with zero attached hydrogens (tertiary/aromatic N) is 6. The summed E-state index contributed by atoms with van der Waals surface area (Å²) in [6, 6.07) is 4.36. The van der Waals surface area contributed by atoms with Crippen molar-refractivity contribution in [2.75, 3.05) is 0 Å². The first-order chi connectivity index (χ1) is 9.63. The maximum Gasteiger partial charge on any atom is 0.209 e. The standard InChI is InChI=1S/C13H16N6S/c1-9(2)19-13(15-16-17-19)20-8-11-7-18-6-10(3)4-5-12(18)14-11/h4-7,9H,8H2,1-3H3. The van der Waals surface area contributed by atoms with Gasteiger partial charge < -0.3 is 4.40 Å². The summed E-state index contributed by atoms with van der Waals surface area (Å²) in [6.45, 7) is 6.20. The average Bonchev–Trinajstić information content (AvgIpc) is 3.01. The molecule has 0 saturated heterocycles. The van der Waals surface area contributed by atoms with E-state index in [1.807, 2.05) is 10.7 Å². The third-order valence-electron chi connectivity index (χ3n) is 2.95. The van der Waals surface area contributed by atoms with Crippen LogP contribution in [0.4, 0.5) is 0 Å². The van der Waals surface area contributed by atoms with Crippen LogP contribution in [0.5, 0.6) is 0 Å². The minimum atomic E-state index is 0.260. The predicted octanol–water partition coefficient (Wildman–Crippen LogP) is 2.50. The molecular formula is C13H16N6S. The van der Waals surface area contributed by atoms with Gasteiger partial charge in [-0.3, -0.25) is 0 Å². The molecule has 0 aliphatic heterocycles. The van der Waals surface area contributed by atoms with Gasteiger partial charge in [0.15, 0.2) is 0 Å². The minimum absolute atomic E-state index is 0.260. The largest absolute Gasteiger partial charge is 0.307 e. The van der Waals surface area contributed by atoms with Crippen LogP contribution in [0.2, 0.25) is 0 Å². The molecule has 0 spiro atoms. The number of rotatable bonds is 4. The molecule has 0 bridgehead atoms. The summed E-state index contributed by atoms with van der Waals surface area (Å²) in [4.78, 5) is 4.59. The first-order valence-corrected chi connectivity index (χ1v) is 7.47. The smallest absolute Gasteiger partial charge is 0.209 e. The van der Waals surface area contributed by atoms with E-state index in [-0.39, 0.29) is 6.04 Å². The second kappa shape index (κ2) is 5.24. The zero-order chi connectivity index (χ0) is 14.1. The molecule has 0 fully saturated rings. The average molecular weight is 288 g/mol. The van der Waals surface area contributed by atoms with Crippen LogP contribution < -0.4 is 0 Å². The number of hydrogen-bond donors (Lipinski definition) is 0. The monoisotopic (exact) mass is 288 g/mol. The molecule has 0 amide bonds. The number of imidazole rings is 1. The number of pyridine rings is 1. The van der Waals surface area contributed by atoms with Gasteiger partial charge in [-0.2, -0.15) is 0 Å². The first-order valence-electron chi connectivity index (χ1n) is 6.48. The van der Waals surface area contributed by atoms with Crippen molar-refractivity contribution in [3.63, 3.8) is 0 Å². The molecule has 3 aromatic heterocycles. The second-order valence-electron chi connectivity index (χ2n) is 4.99. The summed E-state index contributed by atoms with van der Waals surface area (Å²) >= 11 is 1.61. The van der Waals surface area contributed by atoms with Crippen molar-refractivity contribution in [1.29, 1.82) is 0 Å². The fourth-order valence-corrected chi connectivity index (χ4v) is 2.86. The first kappa shape index (κ1) is 13.1. The highest BCUT2D eigenvalue weighted by atomic mass is 32.2. The maximum absolute atomic E-state index is 4.59. The van der Waals surface area contributed by atoms with E-state index in [2.05, 4.69) is 64.1 Å². The summed E-state index contributed by atoms with van der Waals surface area (Å²) in [7, 11) is 0. The SMILES string of the molecule is Cc1ccc2nc(CSc3nnnn3C(C)C)cn2c1. The van der Waals surface area contributed by atoms with Crippen molar-refractivity contribution in [3.8, 4) is 0 Å². The normalized spacial score (nSPS) is 11.6. The van der Waals surface area contributed by atoms with Gasteiger partial charge in [0.25, 0.3) is 0 Å². The van der Waals surface area contributed by atoms with E-state index >= 15 is 0 Å². The van der Waals surface area contributed by atoms with Crippen LogP contribution in [0, 0.1) is 6.92 Å². The molecule has 0 aromatic carbocycles. The Balaban J connectivity index is 1.78. The molecule has 0 aliphatic carbocycles. The molecule has 3 rings (SSSR count). The lowest BCUT2D eigenvalue weighted by Gasteiger charge is -2.05. The molecule has 6 nitrogen and oxygen atoms in total. The molecule has 20 heavy (non-hydrogen) atoms. The molecule has 0 N–H and O–H groups in total. The van der Waals surface area contributed by atoms with Gasteiger partial charge in [0.2, 0.25) is 5.16 Å². The van der Waals surface area contributed by atoms with Crippen LogP contribution in [-0.2, 0) is 5.75 Å². The summed E-state index contributed by atoms with van der Waals surface area (Å²) in [5, 5.41) is 12.6. The Morgan fingerprint density at radius 3 is 2.90 bits per heavy atom. The van der Waals surface area contributed by atoms with Gasteiger partial charge in [-0.05, 0) is 42.8 Å². The van der Waals surface area contributed by atoms with Gasteiger partial charge in [-0.1, -0.05) is 17.8 Å². The predicted molar refractivity (Wildman–Crippen MR) is 77.7 cm³/mol. The van der Waals surface area contributed by atoms with E-state index in [1.54, 1.807) is 11.8 Å². The number of aryl methyl sites for hydroxylation is 1. The number of hydrogen-bond acceptors (Lipinski definition) is 5. The van der Waals surface area contributed by atoms with Gasteiger partial charge in [0.1, 0.15) is 5.65 Å². The van der Waals surface area contributed by atoms with Crippen LogP contribution >= 0.6 is 11.8 Å². The maximum atomic E-state index is 4.59. The summed E-state index contributed by atoms with van der Waals surface area (Å²) < 4.78 is 3.88. The van der Waals surface area contributed by atoms with Gasteiger partial charge in [0, 0.05) is 18.1 Å². The lowest BCUT2D eigenvalue weighted by atomic mass is 10.3. The Bertz CT molecular complexity index is 729.